The van der Waals surface area contributed by atoms with Crippen LogP contribution in [-0.2, 0) is 6.61 Å². The third kappa shape index (κ3) is 5.77. The topological polar surface area (TPSA) is 76.2 Å². The van der Waals surface area contributed by atoms with Gasteiger partial charge in [-0.3, -0.25) is 10.1 Å². The van der Waals surface area contributed by atoms with Crippen LogP contribution < -0.4 is 4.74 Å². The second kappa shape index (κ2) is 9.84. The number of rotatable bonds is 6. The van der Waals surface area contributed by atoms with E-state index in [1.54, 1.807) is 18.2 Å². The van der Waals surface area contributed by atoms with Crippen molar-refractivity contribution >= 4 is 62.5 Å². The van der Waals surface area contributed by atoms with Gasteiger partial charge in [-0.2, -0.15) is 5.26 Å². The lowest BCUT2D eigenvalue weighted by Crippen LogP contribution is -1.97. The summed E-state index contributed by atoms with van der Waals surface area (Å²) in [6.45, 7) is 0.471. The maximum absolute atomic E-state index is 11.0. The van der Waals surface area contributed by atoms with E-state index in [-0.39, 0.29) is 5.69 Å². The van der Waals surface area contributed by atoms with Crippen LogP contribution in [0.1, 0.15) is 16.7 Å². The van der Waals surface area contributed by atoms with Crippen LogP contribution in [0.5, 0.6) is 5.75 Å². The molecule has 0 aliphatic carbocycles. The van der Waals surface area contributed by atoms with Gasteiger partial charge < -0.3 is 4.74 Å². The van der Waals surface area contributed by atoms with Crippen LogP contribution >= 0.6 is 45.2 Å². The van der Waals surface area contributed by atoms with Crippen molar-refractivity contribution in [2.24, 2.45) is 0 Å². The molecule has 0 radical (unpaired) electrons. The maximum atomic E-state index is 11.0. The van der Waals surface area contributed by atoms with Crippen molar-refractivity contribution in [1.82, 2.24) is 0 Å². The predicted octanol–water partition coefficient (Wildman–Crippen LogP) is 6.45. The second-order valence-electron chi connectivity index (χ2n) is 6.08. The molecule has 0 aromatic heterocycles. The molecule has 29 heavy (non-hydrogen) atoms. The number of nitriles is 1. The molecule has 0 fully saturated rings. The van der Waals surface area contributed by atoms with Crippen LogP contribution in [0.3, 0.4) is 0 Å². The third-order valence-corrected chi connectivity index (χ3v) is 5.63. The lowest BCUT2D eigenvalue weighted by Gasteiger charge is -2.09. The molecule has 0 saturated carbocycles. The minimum absolute atomic E-state index is 0.0439. The molecule has 3 aromatic rings. The molecule has 0 atom stereocenters. The molecule has 0 bridgehead atoms. The van der Waals surface area contributed by atoms with Crippen molar-refractivity contribution in [3.8, 4) is 11.8 Å². The van der Waals surface area contributed by atoms with Gasteiger partial charge >= 0.3 is 0 Å². The van der Waals surface area contributed by atoms with Crippen molar-refractivity contribution in [1.29, 1.82) is 5.26 Å². The zero-order chi connectivity index (χ0) is 20.8. The van der Waals surface area contributed by atoms with Crippen molar-refractivity contribution < 1.29 is 9.66 Å². The summed E-state index contributed by atoms with van der Waals surface area (Å²) in [4.78, 5) is 10.5. The van der Waals surface area contributed by atoms with E-state index >= 15 is 0 Å². The van der Waals surface area contributed by atoms with Gasteiger partial charge in [0.15, 0.2) is 0 Å². The summed E-state index contributed by atoms with van der Waals surface area (Å²) in [6, 6.07) is 22.0. The Bertz CT molecular complexity index is 1120. The fourth-order valence-electron chi connectivity index (χ4n) is 2.60. The van der Waals surface area contributed by atoms with Gasteiger partial charge in [-0.1, -0.05) is 30.3 Å². The first-order valence-electron chi connectivity index (χ1n) is 8.49. The first-order chi connectivity index (χ1) is 14.0. The molecule has 0 saturated heterocycles. The van der Waals surface area contributed by atoms with E-state index in [4.69, 9.17) is 4.74 Å². The number of nitro groups is 1. The molecular weight excluding hydrogens is 594 g/mol. The summed E-state index contributed by atoms with van der Waals surface area (Å²) in [7, 11) is 0. The molecule has 3 rings (SSSR count). The maximum Gasteiger partial charge on any atom is 0.270 e. The first kappa shape index (κ1) is 21.3. The number of benzene rings is 3. The number of ether oxygens (including phenoxy) is 1. The Kier molecular flexibility index (Phi) is 7.22. The molecule has 0 amide bonds. The lowest BCUT2D eigenvalue weighted by molar-refractivity contribution is -0.384. The first-order valence-corrected chi connectivity index (χ1v) is 10.7. The SMILES string of the molecule is N#C/C(=C/c1ccc(OCc2ccc(I)cc2)c(I)c1)c1cccc([N+](=O)[O-])c1. The van der Waals surface area contributed by atoms with Gasteiger partial charge in [0.05, 0.1) is 20.1 Å². The van der Waals surface area contributed by atoms with Crippen molar-refractivity contribution in [3.63, 3.8) is 0 Å². The summed E-state index contributed by atoms with van der Waals surface area (Å²) in [6.07, 6.45) is 1.71. The number of hydrogen-bond donors (Lipinski definition) is 0. The lowest BCUT2D eigenvalue weighted by atomic mass is 10.0. The largest absolute Gasteiger partial charge is 0.488 e. The number of allylic oxidation sites excluding steroid dienone is 1. The fraction of sp³-hybridized carbons (Fsp3) is 0.0455. The minimum Gasteiger partial charge on any atom is -0.488 e. The summed E-state index contributed by atoms with van der Waals surface area (Å²) in [5, 5.41) is 20.5. The highest BCUT2D eigenvalue weighted by Crippen LogP contribution is 2.27. The van der Waals surface area contributed by atoms with Crippen LogP contribution in [0.25, 0.3) is 11.6 Å². The van der Waals surface area contributed by atoms with Crippen molar-refractivity contribution in [2.45, 2.75) is 6.61 Å². The molecule has 3 aromatic carbocycles. The molecule has 0 aliphatic heterocycles. The summed E-state index contributed by atoms with van der Waals surface area (Å²) < 4.78 is 8.00. The Balaban J connectivity index is 1.79. The van der Waals surface area contributed by atoms with E-state index < -0.39 is 4.92 Å². The molecule has 5 nitrogen and oxygen atoms in total. The van der Waals surface area contributed by atoms with E-state index in [1.807, 2.05) is 42.5 Å². The molecule has 0 N–H and O–H groups in total. The summed E-state index contributed by atoms with van der Waals surface area (Å²) >= 11 is 4.46. The van der Waals surface area contributed by atoms with Gasteiger partial charge in [0.25, 0.3) is 5.69 Å². The van der Waals surface area contributed by atoms with Gasteiger partial charge in [0.1, 0.15) is 12.4 Å². The quantitative estimate of drug-likeness (QED) is 0.106. The van der Waals surface area contributed by atoms with E-state index in [0.717, 1.165) is 20.4 Å². The monoisotopic (exact) mass is 608 g/mol. The van der Waals surface area contributed by atoms with Crippen LogP contribution in [0.15, 0.2) is 66.7 Å². The Morgan fingerprint density at radius 1 is 1.10 bits per heavy atom. The normalized spacial score (nSPS) is 11.0. The molecule has 0 unspecified atom stereocenters. The highest BCUT2D eigenvalue weighted by Gasteiger charge is 2.10. The molecule has 144 valence electrons. The molecule has 0 aliphatic rings. The Labute approximate surface area is 195 Å². The zero-order valence-corrected chi connectivity index (χ0v) is 19.3. The number of nitro benzene ring substituents is 1. The number of nitrogens with zero attached hydrogens (tertiary/aromatic N) is 2. The second-order valence-corrected chi connectivity index (χ2v) is 8.49. The van der Waals surface area contributed by atoms with Gasteiger partial charge in [0, 0.05) is 15.7 Å². The number of halogens is 2. The van der Waals surface area contributed by atoms with E-state index in [1.165, 1.54) is 15.7 Å². The summed E-state index contributed by atoms with van der Waals surface area (Å²) in [5.41, 5.74) is 2.73. The van der Waals surface area contributed by atoms with Gasteiger partial charge in [-0.25, -0.2) is 0 Å². The standard InChI is InChI=1S/C22H14I2N2O3/c23-19-7-4-15(5-8-19)14-29-22-9-6-16(11-21(22)24)10-18(13-25)17-2-1-3-20(12-17)26(27)28/h1-12H,14H2/b18-10-. The highest BCUT2D eigenvalue weighted by atomic mass is 127. The van der Waals surface area contributed by atoms with Gasteiger partial charge in [-0.15, -0.1) is 0 Å². The van der Waals surface area contributed by atoms with Crippen LogP contribution in [0.2, 0.25) is 0 Å². The van der Waals surface area contributed by atoms with Crippen LogP contribution in [0, 0.1) is 28.6 Å². The number of hydrogen-bond acceptors (Lipinski definition) is 4. The van der Waals surface area contributed by atoms with E-state index in [9.17, 15) is 15.4 Å². The zero-order valence-electron chi connectivity index (χ0n) is 15.0. The highest BCUT2D eigenvalue weighted by molar-refractivity contribution is 14.1. The fourth-order valence-corrected chi connectivity index (χ4v) is 3.65. The predicted molar refractivity (Wildman–Crippen MR) is 129 cm³/mol. The van der Waals surface area contributed by atoms with Gasteiger partial charge in [-0.05, 0) is 92.2 Å². The third-order valence-electron chi connectivity index (χ3n) is 4.06. The average molecular weight is 608 g/mol. The van der Waals surface area contributed by atoms with Crippen molar-refractivity contribution in [2.75, 3.05) is 0 Å². The van der Waals surface area contributed by atoms with E-state index in [0.29, 0.717) is 17.7 Å². The summed E-state index contributed by atoms with van der Waals surface area (Å²) in [5.74, 6) is 0.759. The van der Waals surface area contributed by atoms with Crippen molar-refractivity contribution in [3.05, 3.63) is 101 Å². The van der Waals surface area contributed by atoms with Crippen LogP contribution in [0.4, 0.5) is 5.69 Å². The average Bonchev–Trinajstić information content (AvgIpc) is 2.72. The molecular formula is C22H14I2N2O3. The smallest absolute Gasteiger partial charge is 0.270 e. The Morgan fingerprint density at radius 3 is 2.52 bits per heavy atom. The minimum atomic E-state index is -0.471. The van der Waals surface area contributed by atoms with Crippen LogP contribution in [-0.4, -0.2) is 4.92 Å². The van der Waals surface area contributed by atoms with Gasteiger partial charge in [0.2, 0.25) is 0 Å². The Hall–Kier alpha value is -2.45. The molecule has 7 heteroatoms. The van der Waals surface area contributed by atoms with E-state index in [2.05, 4.69) is 51.3 Å². The molecule has 0 spiro atoms. The molecule has 0 heterocycles. The number of non-ortho nitro benzene ring substituents is 1. The Morgan fingerprint density at radius 2 is 1.86 bits per heavy atom.